The predicted molar refractivity (Wildman–Crippen MR) is 220 cm³/mol. The van der Waals surface area contributed by atoms with E-state index in [-0.39, 0.29) is 49.4 Å². The highest BCUT2D eigenvalue weighted by Gasteiger charge is 2.23. The number of primary amides is 1. The number of benzene rings is 1. The van der Waals surface area contributed by atoms with Crippen LogP contribution in [0, 0.1) is 13.8 Å². The van der Waals surface area contributed by atoms with E-state index >= 15 is 0 Å². The second-order valence-electron chi connectivity index (χ2n) is 11.9. The van der Waals surface area contributed by atoms with Gasteiger partial charge in [-0.15, -0.1) is 11.3 Å². The van der Waals surface area contributed by atoms with Crippen LogP contribution in [0.2, 0.25) is 10.3 Å². The van der Waals surface area contributed by atoms with E-state index in [0.29, 0.717) is 38.2 Å². The normalized spacial score (nSPS) is 11.5. The summed E-state index contributed by atoms with van der Waals surface area (Å²) in [6.07, 6.45) is 5.81. The molecule has 0 aliphatic carbocycles. The summed E-state index contributed by atoms with van der Waals surface area (Å²) in [7, 11) is -6.24. The van der Waals surface area contributed by atoms with Crippen LogP contribution in [-0.4, -0.2) is 66.9 Å². The molecular weight excluding hydrogens is 880 g/mol. The third-order valence-electron chi connectivity index (χ3n) is 7.43. The van der Waals surface area contributed by atoms with Crippen molar-refractivity contribution in [3.05, 3.63) is 82.0 Å². The third-order valence-corrected chi connectivity index (χ3v) is 13.6. The first kappa shape index (κ1) is 41.5. The van der Waals surface area contributed by atoms with E-state index in [9.17, 15) is 26.4 Å². The Kier molecular flexibility index (Phi) is 12.2. The van der Waals surface area contributed by atoms with Gasteiger partial charge in [-0.25, -0.2) is 33.3 Å². The Morgan fingerprint density at radius 1 is 0.860 bits per heavy atom. The van der Waals surface area contributed by atoms with Gasteiger partial charge in [0.15, 0.2) is 20.5 Å². The molecule has 0 spiro atoms. The molecule has 2 amide bonds. The number of halogens is 2. The minimum absolute atomic E-state index is 0.00205. The maximum absolute atomic E-state index is 13.0. The Hall–Kier alpha value is -5.17. The number of nitrogens with one attached hydrogen (secondary N) is 3. The number of aryl methyl sites for hydroxylation is 3. The zero-order chi connectivity index (χ0) is 41.2. The van der Waals surface area contributed by atoms with Crippen LogP contribution in [0.3, 0.4) is 0 Å². The fourth-order valence-corrected chi connectivity index (χ4v) is 10.4. The van der Waals surface area contributed by atoms with E-state index in [0.717, 1.165) is 21.5 Å². The largest absolute Gasteiger partial charge is 0.369 e. The Morgan fingerprint density at radius 2 is 1.47 bits per heavy atom. The van der Waals surface area contributed by atoms with Crippen molar-refractivity contribution in [2.75, 3.05) is 14.8 Å². The fourth-order valence-electron chi connectivity index (χ4n) is 5.02. The molecule has 0 fully saturated rings. The van der Waals surface area contributed by atoms with Crippen LogP contribution < -0.4 is 20.5 Å². The third kappa shape index (κ3) is 9.69. The average Bonchev–Trinajstić information content (AvgIpc) is 3.94. The van der Waals surface area contributed by atoms with Crippen LogP contribution in [0.25, 0.3) is 31.9 Å². The zero-order valence-electron chi connectivity index (χ0n) is 29.8. The lowest BCUT2D eigenvalue weighted by atomic mass is 10.2. The minimum atomic E-state index is -3.99. The molecule has 0 saturated carbocycles. The van der Waals surface area contributed by atoms with Crippen LogP contribution in [0.5, 0.6) is 0 Å². The highest BCUT2D eigenvalue weighted by atomic mass is 35.5. The molecule has 0 aliphatic rings. The maximum Gasteiger partial charge on any atom is 0.281 e. The molecule has 296 valence electrons. The molecule has 0 atom stereocenters. The van der Waals surface area contributed by atoms with E-state index in [2.05, 4.69) is 48.4 Å². The number of pyridine rings is 2. The molecule has 0 aliphatic heterocycles. The summed E-state index contributed by atoms with van der Waals surface area (Å²) >= 11 is 15.7. The van der Waals surface area contributed by atoms with E-state index in [1.54, 1.807) is 45.2 Å². The number of sulfonamides is 2. The van der Waals surface area contributed by atoms with Crippen molar-refractivity contribution in [3.63, 3.8) is 0 Å². The molecule has 6 aromatic heterocycles. The van der Waals surface area contributed by atoms with E-state index < -0.39 is 26.0 Å². The Balaban J connectivity index is 0.000000194. The van der Waals surface area contributed by atoms with Crippen molar-refractivity contribution in [3.8, 4) is 20.9 Å². The molecule has 25 heteroatoms. The van der Waals surface area contributed by atoms with Crippen molar-refractivity contribution >= 4 is 117 Å². The molecule has 0 saturated heterocycles. The Morgan fingerprint density at radius 3 is 2.07 bits per heavy atom. The molecule has 0 bridgehead atoms. The summed E-state index contributed by atoms with van der Waals surface area (Å²) in [5, 5.41) is 3.50. The van der Waals surface area contributed by atoms with Crippen LogP contribution in [0.15, 0.2) is 65.2 Å². The number of rotatable bonds is 11. The molecule has 57 heavy (non-hydrogen) atoms. The number of nitrogens with two attached hydrogens (primary N) is 1. The Bertz CT molecular complexity index is 2890. The molecule has 7 aromatic rings. The van der Waals surface area contributed by atoms with Gasteiger partial charge in [0.1, 0.15) is 20.9 Å². The standard InChI is InChI=1S/C17H13ClN6O3S3.C15H15ClN6O3S2/c1-8-15(28-17(20-8)21-9(2)25)10-6-12(16(18)19-7-10)24-30(26,27)13-5-3-4-11-14(13)23-29-22-11;1-8-14(26-12(20-8)4-11(17)23)9-3-10(15(16)18-5-9)21-27(24,25)13-6-22(2)7-19-13/h3-7,24H,1-2H3,(H,20,21,25);3,5-7,21H,4H2,1-2H3,(H2,17,23). The van der Waals surface area contributed by atoms with Gasteiger partial charge in [0.25, 0.3) is 20.0 Å². The summed E-state index contributed by atoms with van der Waals surface area (Å²) in [4.78, 5) is 44.4. The van der Waals surface area contributed by atoms with Crippen molar-refractivity contribution < 1.29 is 26.4 Å². The number of amides is 2. The highest BCUT2D eigenvalue weighted by Crippen LogP contribution is 2.37. The molecule has 7 rings (SSSR count). The molecule has 0 radical (unpaired) electrons. The van der Waals surface area contributed by atoms with E-state index in [1.165, 1.54) is 65.1 Å². The highest BCUT2D eigenvalue weighted by molar-refractivity contribution is 7.93. The van der Waals surface area contributed by atoms with Gasteiger partial charge in [-0.3, -0.25) is 19.0 Å². The van der Waals surface area contributed by atoms with Crippen LogP contribution >= 0.6 is 57.6 Å². The average molecular weight is 908 g/mol. The number of hydrogen-bond donors (Lipinski definition) is 4. The monoisotopic (exact) mass is 906 g/mol. The lowest BCUT2D eigenvalue weighted by Crippen LogP contribution is -2.14. The van der Waals surface area contributed by atoms with Crippen LogP contribution in [0.1, 0.15) is 23.3 Å². The molecule has 1 aromatic carbocycles. The summed E-state index contributed by atoms with van der Waals surface area (Å²) in [6, 6.07) is 7.87. The molecule has 0 unspecified atom stereocenters. The first-order chi connectivity index (χ1) is 26.9. The topological polar surface area (TPSA) is 260 Å². The molecular formula is C32H28Cl2N12O6S5. The lowest BCUT2D eigenvalue weighted by Gasteiger charge is -2.11. The smallest absolute Gasteiger partial charge is 0.281 e. The summed E-state index contributed by atoms with van der Waals surface area (Å²) in [5.74, 6) is -0.711. The summed E-state index contributed by atoms with van der Waals surface area (Å²) in [6.45, 7) is 4.96. The van der Waals surface area contributed by atoms with Crippen LogP contribution in [-0.2, 0) is 43.1 Å². The van der Waals surface area contributed by atoms with E-state index in [4.69, 9.17) is 28.9 Å². The second-order valence-corrected chi connectivity index (χ2v) is 18.5. The Labute approximate surface area is 347 Å². The van der Waals surface area contributed by atoms with Gasteiger partial charge in [-0.2, -0.15) is 17.2 Å². The van der Waals surface area contributed by atoms with Gasteiger partial charge >= 0.3 is 0 Å². The van der Waals surface area contributed by atoms with Gasteiger partial charge in [0.2, 0.25) is 11.8 Å². The number of hydrogen-bond acceptors (Lipinski definition) is 16. The number of carbonyl (C=O) groups excluding carboxylic acids is 2. The number of carbonyl (C=O) groups is 2. The van der Waals surface area contributed by atoms with Gasteiger partial charge in [-0.1, -0.05) is 40.6 Å². The van der Waals surface area contributed by atoms with Gasteiger partial charge < -0.3 is 15.6 Å². The minimum Gasteiger partial charge on any atom is -0.369 e. The van der Waals surface area contributed by atoms with Crippen molar-refractivity contribution in [1.82, 2.24) is 38.2 Å². The number of anilines is 3. The molecule has 5 N–H and O–H groups in total. The van der Waals surface area contributed by atoms with Gasteiger partial charge in [0, 0.05) is 43.7 Å². The first-order valence-electron chi connectivity index (χ1n) is 16.0. The number of imidazole rings is 1. The van der Waals surface area contributed by atoms with Crippen molar-refractivity contribution in [2.45, 2.75) is 37.1 Å². The number of nitrogens with zero attached hydrogens (tertiary/aromatic N) is 8. The molecule has 18 nitrogen and oxygen atoms in total. The maximum atomic E-state index is 13.0. The fraction of sp³-hybridized carbons (Fsp3) is 0.156. The SMILES string of the molecule is CC(=O)Nc1nc(C)c(-c2cnc(Cl)c(NS(=O)(=O)c3cccc4nsnc34)c2)s1.Cc1nc(CC(N)=O)sc1-c1cnc(Cl)c(NS(=O)(=O)c2cn(C)cn2)c1. The number of aromatic nitrogens is 8. The predicted octanol–water partition coefficient (Wildman–Crippen LogP) is 5.66. The summed E-state index contributed by atoms with van der Waals surface area (Å²) in [5.41, 5.74) is 8.78. The number of fused-ring (bicyclic) bond motifs is 1. The van der Waals surface area contributed by atoms with Gasteiger partial charge in [-0.05, 0) is 38.1 Å². The second kappa shape index (κ2) is 16.7. The van der Waals surface area contributed by atoms with Crippen LogP contribution in [0.4, 0.5) is 16.5 Å². The summed E-state index contributed by atoms with van der Waals surface area (Å²) < 4.78 is 65.5. The van der Waals surface area contributed by atoms with Gasteiger partial charge in [0.05, 0.1) is 57.0 Å². The van der Waals surface area contributed by atoms with Crippen molar-refractivity contribution in [2.24, 2.45) is 12.8 Å². The van der Waals surface area contributed by atoms with E-state index in [1.807, 2.05) is 0 Å². The molecule has 6 heterocycles. The van der Waals surface area contributed by atoms with Crippen molar-refractivity contribution in [1.29, 1.82) is 0 Å². The first-order valence-corrected chi connectivity index (χ1v) is 22.0. The lowest BCUT2D eigenvalue weighted by molar-refractivity contribution is -0.117. The number of thiazole rings is 2. The zero-order valence-corrected chi connectivity index (χ0v) is 35.4. The quantitative estimate of drug-likeness (QED) is 0.114.